The van der Waals surface area contributed by atoms with Crippen molar-refractivity contribution in [1.29, 1.82) is 0 Å². The molecule has 3 rings (SSSR count). The maximum atomic E-state index is 12.9. The van der Waals surface area contributed by atoms with Crippen molar-refractivity contribution in [3.63, 3.8) is 0 Å². The van der Waals surface area contributed by atoms with E-state index in [1.807, 2.05) is 32.1 Å². The monoisotopic (exact) mass is 352 g/mol. The van der Waals surface area contributed by atoms with E-state index in [4.69, 9.17) is 0 Å². The number of aryl methyl sites for hydroxylation is 2. The van der Waals surface area contributed by atoms with Crippen LogP contribution in [0.1, 0.15) is 23.1 Å². The molecule has 1 aliphatic rings. The van der Waals surface area contributed by atoms with Crippen molar-refractivity contribution in [2.45, 2.75) is 26.7 Å². The molecule has 0 aliphatic carbocycles. The van der Waals surface area contributed by atoms with Crippen LogP contribution in [-0.4, -0.2) is 18.4 Å². The number of rotatable bonds is 5. The van der Waals surface area contributed by atoms with E-state index in [-0.39, 0.29) is 30.0 Å². The molecule has 0 spiro atoms. The van der Waals surface area contributed by atoms with Crippen LogP contribution in [0.25, 0.3) is 6.08 Å². The van der Waals surface area contributed by atoms with E-state index in [9.17, 15) is 14.0 Å². The number of fused-ring (bicyclic) bond motifs is 1. The number of hydrogen-bond acceptors (Lipinski definition) is 2. The molecule has 5 heteroatoms. The lowest BCUT2D eigenvalue weighted by molar-refractivity contribution is -0.122. The number of nitrogens with zero attached hydrogens (tertiary/aromatic N) is 1. The Labute approximate surface area is 151 Å². The Kier molecular flexibility index (Phi) is 5.26. The number of carbonyl (C=O) groups excluding carboxylic acids is 2. The van der Waals surface area contributed by atoms with Crippen LogP contribution in [0.3, 0.4) is 0 Å². The van der Waals surface area contributed by atoms with Gasteiger partial charge in [0.15, 0.2) is 0 Å². The van der Waals surface area contributed by atoms with Gasteiger partial charge >= 0.3 is 0 Å². The summed E-state index contributed by atoms with van der Waals surface area (Å²) in [5.74, 6) is -0.970. The molecule has 0 radical (unpaired) electrons. The molecule has 2 aromatic rings. The second-order valence-electron chi connectivity index (χ2n) is 6.66. The molecule has 1 heterocycles. The topological polar surface area (TPSA) is 58.5 Å². The van der Waals surface area contributed by atoms with Crippen molar-refractivity contribution >= 4 is 17.9 Å². The number of benzene rings is 2. The molecule has 0 bridgehead atoms. The Balaban J connectivity index is 1.58. The van der Waals surface area contributed by atoms with Crippen molar-refractivity contribution in [1.82, 2.24) is 5.32 Å². The molecule has 1 unspecified atom stereocenters. The summed E-state index contributed by atoms with van der Waals surface area (Å²) >= 11 is 0. The highest BCUT2D eigenvalue weighted by atomic mass is 19.1. The molecule has 2 amide bonds. The average molecular weight is 352 g/mol. The van der Waals surface area contributed by atoms with Crippen molar-refractivity contribution in [2.24, 2.45) is 10.9 Å². The van der Waals surface area contributed by atoms with Gasteiger partial charge in [-0.05, 0) is 66.4 Å². The minimum Gasteiger partial charge on any atom is -0.356 e. The molecule has 1 aliphatic heterocycles. The maximum Gasteiger partial charge on any atom is 0.253 e. The third kappa shape index (κ3) is 4.23. The van der Waals surface area contributed by atoms with E-state index < -0.39 is 0 Å². The van der Waals surface area contributed by atoms with Crippen molar-refractivity contribution in [3.8, 4) is 0 Å². The van der Waals surface area contributed by atoms with Gasteiger partial charge in [-0.3, -0.25) is 9.59 Å². The molecule has 134 valence electrons. The highest BCUT2D eigenvalue weighted by Gasteiger charge is 2.18. The predicted molar refractivity (Wildman–Crippen MR) is 97.4 cm³/mol. The summed E-state index contributed by atoms with van der Waals surface area (Å²) in [6, 6.07) is 9.82. The van der Waals surface area contributed by atoms with E-state index in [1.165, 1.54) is 12.1 Å². The fourth-order valence-corrected chi connectivity index (χ4v) is 2.97. The van der Waals surface area contributed by atoms with E-state index in [0.29, 0.717) is 13.0 Å². The van der Waals surface area contributed by atoms with Crippen LogP contribution in [-0.2, 0) is 16.0 Å². The molecule has 4 nitrogen and oxygen atoms in total. The quantitative estimate of drug-likeness (QED) is 0.891. The van der Waals surface area contributed by atoms with Crippen molar-refractivity contribution < 1.29 is 14.0 Å². The van der Waals surface area contributed by atoms with Gasteiger partial charge in [-0.2, -0.15) is 0 Å². The standard InChI is InChI=1S/C21H21FN2O2/c1-13-9-17-12-16(21(26)24-19(17)10-14(13)2)7-8-23-20(25)11-15-3-5-18(22)6-4-15/h3-6,9-10,12,16H,7-8,11H2,1-2H3,(H,23,25). The second kappa shape index (κ2) is 7.60. The Morgan fingerprint density at radius 2 is 1.85 bits per heavy atom. The average Bonchev–Trinajstić information content (AvgIpc) is 2.59. The van der Waals surface area contributed by atoms with Gasteiger partial charge in [0.1, 0.15) is 5.82 Å². The first-order chi connectivity index (χ1) is 12.4. The Morgan fingerprint density at radius 1 is 1.15 bits per heavy atom. The summed E-state index contributed by atoms with van der Waals surface area (Å²) in [5, 5.41) is 4.50. The molecule has 0 aromatic heterocycles. The lowest BCUT2D eigenvalue weighted by Gasteiger charge is -2.13. The lowest BCUT2D eigenvalue weighted by Crippen LogP contribution is -2.36. The van der Waals surface area contributed by atoms with Gasteiger partial charge < -0.3 is 5.32 Å². The van der Waals surface area contributed by atoms with Gasteiger partial charge in [0, 0.05) is 6.54 Å². The molecule has 0 saturated carbocycles. The van der Waals surface area contributed by atoms with Crippen LogP contribution in [0, 0.1) is 25.6 Å². The van der Waals surface area contributed by atoms with Gasteiger partial charge in [-0.1, -0.05) is 18.2 Å². The molecule has 0 saturated heterocycles. The SMILES string of the molecule is Cc1cc2c(cc1C)=NC(=O)C(CCNC(=O)Cc1ccc(F)cc1)C=2. The smallest absolute Gasteiger partial charge is 0.253 e. The summed E-state index contributed by atoms with van der Waals surface area (Å²) in [5.41, 5.74) is 3.02. The third-order valence-corrected chi connectivity index (χ3v) is 4.63. The second-order valence-corrected chi connectivity index (χ2v) is 6.66. The zero-order valence-corrected chi connectivity index (χ0v) is 14.9. The van der Waals surface area contributed by atoms with Crippen LogP contribution in [0.4, 0.5) is 4.39 Å². The first kappa shape index (κ1) is 18.0. The Morgan fingerprint density at radius 3 is 2.58 bits per heavy atom. The zero-order valence-electron chi connectivity index (χ0n) is 14.9. The molecule has 1 atom stereocenters. The minimum atomic E-state index is -0.324. The Hall–Kier alpha value is -2.82. The normalized spacial score (nSPS) is 15.7. The van der Waals surface area contributed by atoms with E-state index >= 15 is 0 Å². The molecule has 1 N–H and O–H groups in total. The summed E-state index contributed by atoms with van der Waals surface area (Å²) in [6.07, 6.45) is 2.63. The van der Waals surface area contributed by atoms with Crippen molar-refractivity contribution in [3.05, 3.63) is 69.5 Å². The van der Waals surface area contributed by atoms with Gasteiger partial charge in [0.2, 0.25) is 5.91 Å². The summed E-state index contributed by atoms with van der Waals surface area (Å²) < 4.78 is 12.9. The fourth-order valence-electron chi connectivity index (χ4n) is 2.97. The summed E-state index contributed by atoms with van der Waals surface area (Å²) in [6.45, 7) is 4.42. The molecule has 2 aromatic carbocycles. The summed E-state index contributed by atoms with van der Waals surface area (Å²) in [7, 11) is 0. The van der Waals surface area contributed by atoms with Crippen LogP contribution in [0.5, 0.6) is 0 Å². The van der Waals surface area contributed by atoms with E-state index in [1.54, 1.807) is 12.1 Å². The Bertz CT molecular complexity index is 965. The van der Waals surface area contributed by atoms with Crippen LogP contribution in [0.15, 0.2) is 41.4 Å². The van der Waals surface area contributed by atoms with Crippen LogP contribution >= 0.6 is 0 Å². The zero-order chi connectivity index (χ0) is 18.7. The van der Waals surface area contributed by atoms with E-state index in [2.05, 4.69) is 10.3 Å². The summed E-state index contributed by atoms with van der Waals surface area (Å²) in [4.78, 5) is 28.4. The highest BCUT2D eigenvalue weighted by molar-refractivity contribution is 5.86. The largest absolute Gasteiger partial charge is 0.356 e. The highest BCUT2D eigenvalue weighted by Crippen LogP contribution is 2.10. The number of nitrogens with one attached hydrogen (secondary N) is 1. The molecular weight excluding hydrogens is 331 g/mol. The predicted octanol–water partition coefficient (Wildman–Crippen LogP) is 1.75. The van der Waals surface area contributed by atoms with Crippen LogP contribution in [0.2, 0.25) is 0 Å². The van der Waals surface area contributed by atoms with Gasteiger partial charge in [0.25, 0.3) is 5.91 Å². The number of amides is 2. The van der Waals surface area contributed by atoms with E-state index in [0.717, 1.165) is 27.3 Å². The third-order valence-electron chi connectivity index (χ3n) is 4.63. The number of halogens is 1. The minimum absolute atomic E-state index is 0.149. The molecule has 0 fully saturated rings. The molecular formula is C21H21FN2O2. The van der Waals surface area contributed by atoms with Gasteiger partial charge in [0.05, 0.1) is 17.7 Å². The molecule has 26 heavy (non-hydrogen) atoms. The first-order valence-electron chi connectivity index (χ1n) is 8.65. The number of carbonyl (C=O) groups is 2. The van der Waals surface area contributed by atoms with Gasteiger partial charge in [-0.15, -0.1) is 0 Å². The number of hydrogen-bond donors (Lipinski definition) is 1. The fraction of sp³-hybridized carbons (Fsp3) is 0.286. The van der Waals surface area contributed by atoms with Crippen molar-refractivity contribution in [2.75, 3.05) is 6.54 Å². The first-order valence-corrected chi connectivity index (χ1v) is 8.65. The van der Waals surface area contributed by atoms with Crippen LogP contribution < -0.4 is 15.9 Å². The lowest BCUT2D eigenvalue weighted by atomic mass is 9.98. The maximum absolute atomic E-state index is 12.9. The van der Waals surface area contributed by atoms with Gasteiger partial charge in [-0.25, -0.2) is 9.38 Å².